The zero-order valence-electron chi connectivity index (χ0n) is 6.79. The van der Waals surface area contributed by atoms with Gasteiger partial charge >= 0.3 is 6.03 Å². The number of carbonyl (C=O) groups is 1. The molecule has 64 valence electrons. The number of guanidine groups is 1. The summed E-state index contributed by atoms with van der Waals surface area (Å²) in [5.74, 6) is 0.495. The molecule has 0 aromatic carbocycles. The van der Waals surface area contributed by atoms with Gasteiger partial charge in [0.15, 0.2) is 5.96 Å². The average Bonchev–Trinajstić information content (AvgIpc) is 1.82. The molecule has 2 amide bonds. The number of amides is 2. The fourth-order valence-corrected chi connectivity index (χ4v) is 0.447. The zero-order chi connectivity index (χ0) is 8.85. The maximum absolute atomic E-state index is 10.2. The summed E-state index contributed by atoms with van der Waals surface area (Å²) in [5.41, 5.74) is 10.0. The summed E-state index contributed by atoms with van der Waals surface area (Å²) >= 11 is 0. The van der Waals surface area contributed by atoms with E-state index in [9.17, 15) is 4.79 Å². The molecule has 0 aromatic rings. The highest BCUT2D eigenvalue weighted by molar-refractivity contribution is 5.94. The van der Waals surface area contributed by atoms with Crippen molar-refractivity contribution in [2.45, 2.75) is 13.8 Å². The van der Waals surface area contributed by atoms with Crippen LogP contribution in [0.2, 0.25) is 0 Å². The molecule has 0 aliphatic carbocycles. The fraction of sp³-hybridized carbons (Fsp3) is 0.667. The Bertz CT molecular complexity index is 164. The Hall–Kier alpha value is -1.26. The first kappa shape index (κ1) is 9.74. The normalized spacial score (nSPS) is 11.7. The van der Waals surface area contributed by atoms with Crippen molar-refractivity contribution in [3.8, 4) is 0 Å². The third kappa shape index (κ3) is 6.63. The summed E-state index contributed by atoms with van der Waals surface area (Å²) in [6, 6.07) is -0.685. The van der Waals surface area contributed by atoms with Crippen LogP contribution < -0.4 is 16.8 Å². The molecule has 0 aliphatic heterocycles. The minimum Gasteiger partial charge on any atom is -0.370 e. The Labute approximate surface area is 65.9 Å². The summed E-state index contributed by atoms with van der Waals surface area (Å²) in [5, 5.41) is 2.16. The molecule has 0 bridgehead atoms. The van der Waals surface area contributed by atoms with E-state index in [0.717, 1.165) is 0 Å². The Balaban J connectivity index is 3.72. The monoisotopic (exact) mass is 158 g/mol. The molecule has 0 aliphatic rings. The zero-order valence-corrected chi connectivity index (χ0v) is 6.79. The van der Waals surface area contributed by atoms with Gasteiger partial charge in [-0.3, -0.25) is 10.3 Å². The Morgan fingerprint density at radius 3 is 2.45 bits per heavy atom. The number of nitrogens with one attached hydrogen (secondary N) is 1. The quantitative estimate of drug-likeness (QED) is 0.377. The van der Waals surface area contributed by atoms with Crippen LogP contribution in [-0.4, -0.2) is 18.5 Å². The first-order chi connectivity index (χ1) is 5.02. The van der Waals surface area contributed by atoms with Gasteiger partial charge in [0, 0.05) is 6.54 Å². The lowest BCUT2D eigenvalue weighted by molar-refractivity contribution is 0.253. The van der Waals surface area contributed by atoms with Crippen molar-refractivity contribution in [2.24, 2.45) is 22.4 Å². The molecule has 11 heavy (non-hydrogen) atoms. The van der Waals surface area contributed by atoms with Crippen molar-refractivity contribution in [3.05, 3.63) is 0 Å². The number of urea groups is 1. The van der Waals surface area contributed by atoms with Gasteiger partial charge in [-0.15, -0.1) is 0 Å². The highest BCUT2D eigenvalue weighted by Gasteiger charge is 1.95. The summed E-state index contributed by atoms with van der Waals surface area (Å²) in [7, 11) is 0. The van der Waals surface area contributed by atoms with E-state index in [4.69, 9.17) is 11.5 Å². The molecule has 5 N–H and O–H groups in total. The van der Waals surface area contributed by atoms with Crippen LogP contribution in [0.15, 0.2) is 4.99 Å². The number of carbonyl (C=O) groups excluding carboxylic acids is 1. The summed E-state index contributed by atoms with van der Waals surface area (Å²) < 4.78 is 0. The fourth-order valence-electron chi connectivity index (χ4n) is 0.447. The molecule has 0 saturated carbocycles. The van der Waals surface area contributed by atoms with Gasteiger partial charge in [-0.2, -0.15) is 0 Å². The van der Waals surface area contributed by atoms with Crippen LogP contribution in [-0.2, 0) is 0 Å². The lowest BCUT2D eigenvalue weighted by Gasteiger charge is -2.01. The maximum atomic E-state index is 10.2. The predicted octanol–water partition coefficient (Wildman–Crippen LogP) is -0.375. The minimum atomic E-state index is -0.685. The van der Waals surface area contributed by atoms with Crippen LogP contribution in [0.4, 0.5) is 4.79 Å². The molecule has 0 unspecified atom stereocenters. The van der Waals surface area contributed by atoms with Gasteiger partial charge in [0.25, 0.3) is 0 Å². The standard InChI is InChI=1S/C6H14N4O/c1-4(2)3-9-5(7)10-6(8)11/h4H,3H2,1-2H3,(H5,7,8,9,10,11). The number of hydrogen-bond donors (Lipinski definition) is 3. The van der Waals surface area contributed by atoms with E-state index >= 15 is 0 Å². The summed E-state index contributed by atoms with van der Waals surface area (Å²) in [4.78, 5) is 14.1. The Morgan fingerprint density at radius 1 is 1.55 bits per heavy atom. The van der Waals surface area contributed by atoms with Gasteiger partial charge in [-0.1, -0.05) is 13.8 Å². The molecule has 5 nitrogen and oxygen atoms in total. The van der Waals surface area contributed by atoms with Gasteiger partial charge < -0.3 is 11.5 Å². The molecule has 0 aromatic heterocycles. The van der Waals surface area contributed by atoms with E-state index in [-0.39, 0.29) is 5.96 Å². The SMILES string of the molecule is CC(C)CN=C(N)NC(N)=O. The van der Waals surface area contributed by atoms with Gasteiger partial charge in [0.05, 0.1) is 0 Å². The largest absolute Gasteiger partial charge is 0.370 e. The molecule has 0 saturated heterocycles. The number of nitrogens with zero attached hydrogens (tertiary/aromatic N) is 1. The third-order valence-corrected chi connectivity index (χ3v) is 0.878. The van der Waals surface area contributed by atoms with E-state index in [0.29, 0.717) is 12.5 Å². The molecule has 0 spiro atoms. The highest BCUT2D eigenvalue weighted by Crippen LogP contribution is 1.89. The molecular weight excluding hydrogens is 144 g/mol. The number of primary amides is 1. The average molecular weight is 158 g/mol. The van der Waals surface area contributed by atoms with E-state index in [1.165, 1.54) is 0 Å². The van der Waals surface area contributed by atoms with Crippen molar-refractivity contribution in [2.75, 3.05) is 6.54 Å². The van der Waals surface area contributed by atoms with Gasteiger partial charge in [-0.05, 0) is 5.92 Å². The Morgan fingerprint density at radius 2 is 2.09 bits per heavy atom. The first-order valence-electron chi connectivity index (χ1n) is 3.38. The van der Waals surface area contributed by atoms with Crippen molar-refractivity contribution in [1.29, 1.82) is 0 Å². The van der Waals surface area contributed by atoms with Gasteiger partial charge in [0.2, 0.25) is 0 Å². The highest BCUT2D eigenvalue weighted by atomic mass is 16.2. The van der Waals surface area contributed by atoms with Crippen molar-refractivity contribution >= 4 is 12.0 Å². The summed E-state index contributed by atoms with van der Waals surface area (Å²) in [6.07, 6.45) is 0. The molecule has 0 rings (SSSR count). The van der Waals surface area contributed by atoms with Crippen LogP contribution in [0.1, 0.15) is 13.8 Å². The van der Waals surface area contributed by atoms with Crippen LogP contribution in [0.5, 0.6) is 0 Å². The Kier molecular flexibility index (Phi) is 4.02. The number of hydrogen-bond acceptors (Lipinski definition) is 2. The van der Waals surface area contributed by atoms with Crippen LogP contribution in [0.25, 0.3) is 0 Å². The van der Waals surface area contributed by atoms with Gasteiger partial charge in [-0.25, -0.2) is 4.79 Å². The predicted molar refractivity (Wildman–Crippen MR) is 44.0 cm³/mol. The van der Waals surface area contributed by atoms with E-state index < -0.39 is 6.03 Å². The van der Waals surface area contributed by atoms with Crippen LogP contribution >= 0.6 is 0 Å². The number of rotatable bonds is 2. The smallest absolute Gasteiger partial charge is 0.318 e. The van der Waals surface area contributed by atoms with Crippen molar-refractivity contribution < 1.29 is 4.79 Å². The molecule has 0 fully saturated rings. The summed E-state index contributed by atoms with van der Waals surface area (Å²) in [6.45, 7) is 4.59. The van der Waals surface area contributed by atoms with E-state index in [1.54, 1.807) is 0 Å². The topological polar surface area (TPSA) is 93.5 Å². The maximum Gasteiger partial charge on any atom is 0.318 e. The number of nitrogens with two attached hydrogens (primary N) is 2. The molecule has 0 radical (unpaired) electrons. The van der Waals surface area contributed by atoms with E-state index in [1.807, 2.05) is 13.8 Å². The van der Waals surface area contributed by atoms with Crippen LogP contribution in [0, 0.1) is 5.92 Å². The number of aliphatic imine (C=N–C) groups is 1. The second-order valence-corrected chi connectivity index (χ2v) is 2.61. The van der Waals surface area contributed by atoms with Crippen LogP contribution in [0.3, 0.4) is 0 Å². The lowest BCUT2D eigenvalue weighted by atomic mass is 10.2. The van der Waals surface area contributed by atoms with Gasteiger partial charge in [0.1, 0.15) is 0 Å². The molecule has 0 heterocycles. The molecular formula is C6H14N4O. The lowest BCUT2D eigenvalue weighted by Crippen LogP contribution is -2.40. The first-order valence-corrected chi connectivity index (χ1v) is 3.38. The molecule has 5 heteroatoms. The third-order valence-electron chi connectivity index (χ3n) is 0.878. The second-order valence-electron chi connectivity index (χ2n) is 2.61. The van der Waals surface area contributed by atoms with Crippen molar-refractivity contribution in [1.82, 2.24) is 5.32 Å². The second kappa shape index (κ2) is 4.54. The molecule has 0 atom stereocenters. The van der Waals surface area contributed by atoms with Crippen molar-refractivity contribution in [3.63, 3.8) is 0 Å². The van der Waals surface area contributed by atoms with E-state index in [2.05, 4.69) is 10.3 Å². The minimum absolute atomic E-state index is 0.0752.